The van der Waals surface area contributed by atoms with Crippen molar-refractivity contribution in [2.24, 2.45) is 0 Å². The standard InChI is InChI=1S/C16H10Cl2N2O/c17-12-7-4-8-13(18)15(12)20-14(21)9-10-19-16(20)11-5-2-1-3-6-11/h1-10H. The van der Waals surface area contributed by atoms with Crippen LogP contribution in [0.1, 0.15) is 0 Å². The summed E-state index contributed by atoms with van der Waals surface area (Å²) in [6, 6.07) is 15.9. The predicted molar refractivity (Wildman–Crippen MR) is 85.3 cm³/mol. The van der Waals surface area contributed by atoms with Gasteiger partial charge in [-0.1, -0.05) is 59.6 Å². The van der Waals surface area contributed by atoms with Crippen molar-refractivity contribution in [1.29, 1.82) is 0 Å². The fourth-order valence-corrected chi connectivity index (χ4v) is 2.68. The van der Waals surface area contributed by atoms with Crippen LogP contribution in [0.2, 0.25) is 10.0 Å². The van der Waals surface area contributed by atoms with Crippen LogP contribution < -0.4 is 5.56 Å². The summed E-state index contributed by atoms with van der Waals surface area (Å²) >= 11 is 12.4. The molecule has 3 rings (SSSR count). The van der Waals surface area contributed by atoms with E-state index in [1.54, 1.807) is 18.2 Å². The molecule has 3 nitrogen and oxygen atoms in total. The average Bonchev–Trinajstić information content (AvgIpc) is 2.49. The molecular weight excluding hydrogens is 307 g/mol. The highest BCUT2D eigenvalue weighted by Crippen LogP contribution is 2.30. The lowest BCUT2D eigenvalue weighted by Crippen LogP contribution is -2.20. The quantitative estimate of drug-likeness (QED) is 0.710. The first-order chi connectivity index (χ1) is 10.2. The van der Waals surface area contributed by atoms with E-state index in [4.69, 9.17) is 23.2 Å². The Bertz CT molecular complexity index is 824. The Labute approximate surface area is 131 Å². The van der Waals surface area contributed by atoms with Crippen LogP contribution in [0.4, 0.5) is 0 Å². The molecule has 0 aliphatic heterocycles. The molecule has 0 N–H and O–H groups in total. The zero-order valence-electron chi connectivity index (χ0n) is 10.8. The van der Waals surface area contributed by atoms with E-state index in [0.29, 0.717) is 21.6 Å². The lowest BCUT2D eigenvalue weighted by atomic mass is 10.2. The summed E-state index contributed by atoms with van der Waals surface area (Å²) in [4.78, 5) is 16.6. The summed E-state index contributed by atoms with van der Waals surface area (Å²) in [6.45, 7) is 0. The van der Waals surface area contributed by atoms with E-state index in [0.717, 1.165) is 5.56 Å². The molecule has 0 bridgehead atoms. The van der Waals surface area contributed by atoms with Crippen molar-refractivity contribution in [2.75, 3.05) is 0 Å². The highest BCUT2D eigenvalue weighted by atomic mass is 35.5. The van der Waals surface area contributed by atoms with Crippen molar-refractivity contribution in [2.45, 2.75) is 0 Å². The van der Waals surface area contributed by atoms with Gasteiger partial charge in [0.1, 0.15) is 5.82 Å². The maximum Gasteiger partial charge on any atom is 0.258 e. The van der Waals surface area contributed by atoms with Crippen LogP contribution in [0.5, 0.6) is 0 Å². The van der Waals surface area contributed by atoms with Gasteiger partial charge >= 0.3 is 0 Å². The second kappa shape index (κ2) is 5.72. The van der Waals surface area contributed by atoms with E-state index in [1.807, 2.05) is 30.3 Å². The fraction of sp³-hybridized carbons (Fsp3) is 0. The first-order valence-corrected chi connectivity index (χ1v) is 7.02. The van der Waals surface area contributed by atoms with E-state index in [-0.39, 0.29) is 5.56 Å². The molecule has 1 heterocycles. The molecule has 0 unspecified atom stereocenters. The largest absolute Gasteiger partial charge is 0.269 e. The van der Waals surface area contributed by atoms with E-state index >= 15 is 0 Å². The average molecular weight is 317 g/mol. The third-order valence-corrected chi connectivity index (χ3v) is 3.65. The van der Waals surface area contributed by atoms with Gasteiger partial charge in [-0.15, -0.1) is 0 Å². The topological polar surface area (TPSA) is 34.9 Å². The predicted octanol–water partition coefficient (Wildman–Crippen LogP) is 4.21. The minimum atomic E-state index is -0.237. The molecular formula is C16H10Cl2N2O. The molecule has 1 aromatic heterocycles. The Morgan fingerprint density at radius 2 is 1.52 bits per heavy atom. The van der Waals surface area contributed by atoms with Crippen molar-refractivity contribution < 1.29 is 0 Å². The zero-order valence-corrected chi connectivity index (χ0v) is 12.3. The molecule has 2 aromatic carbocycles. The number of halogens is 2. The number of benzene rings is 2. The van der Waals surface area contributed by atoms with Gasteiger partial charge < -0.3 is 0 Å². The van der Waals surface area contributed by atoms with E-state index in [9.17, 15) is 4.79 Å². The van der Waals surface area contributed by atoms with Gasteiger partial charge in [0.25, 0.3) is 5.56 Å². The molecule has 0 atom stereocenters. The summed E-state index contributed by atoms with van der Waals surface area (Å²) in [5.41, 5.74) is 1.02. The van der Waals surface area contributed by atoms with Gasteiger partial charge in [0, 0.05) is 17.8 Å². The Balaban J connectivity index is 2.36. The maximum atomic E-state index is 12.3. The highest BCUT2D eigenvalue weighted by molar-refractivity contribution is 6.37. The molecule has 0 saturated heterocycles. The smallest absolute Gasteiger partial charge is 0.258 e. The first kappa shape index (κ1) is 13.9. The molecule has 3 aromatic rings. The van der Waals surface area contributed by atoms with Crippen LogP contribution in [-0.4, -0.2) is 9.55 Å². The normalized spacial score (nSPS) is 10.6. The molecule has 21 heavy (non-hydrogen) atoms. The number of nitrogens with zero attached hydrogens (tertiary/aromatic N) is 2. The van der Waals surface area contributed by atoms with Gasteiger partial charge in [0.05, 0.1) is 15.7 Å². The maximum absolute atomic E-state index is 12.3. The molecule has 0 fully saturated rings. The van der Waals surface area contributed by atoms with Gasteiger partial charge in [-0.25, -0.2) is 4.98 Å². The minimum Gasteiger partial charge on any atom is -0.269 e. The second-order valence-electron chi connectivity index (χ2n) is 4.38. The van der Waals surface area contributed by atoms with Crippen molar-refractivity contribution in [1.82, 2.24) is 9.55 Å². The highest BCUT2D eigenvalue weighted by Gasteiger charge is 2.15. The Morgan fingerprint density at radius 3 is 2.19 bits per heavy atom. The van der Waals surface area contributed by atoms with Crippen molar-refractivity contribution in [3.63, 3.8) is 0 Å². The Kier molecular flexibility index (Phi) is 3.78. The van der Waals surface area contributed by atoms with Crippen molar-refractivity contribution >= 4 is 23.2 Å². The number of aromatic nitrogens is 2. The summed E-state index contributed by atoms with van der Waals surface area (Å²) in [5.74, 6) is 0.498. The Hall–Kier alpha value is -2.10. The molecule has 0 amide bonds. The van der Waals surface area contributed by atoms with Gasteiger partial charge in [0.2, 0.25) is 0 Å². The molecule has 0 radical (unpaired) electrons. The van der Waals surface area contributed by atoms with Crippen LogP contribution in [0.15, 0.2) is 65.6 Å². The molecule has 0 saturated carbocycles. The lowest BCUT2D eigenvalue weighted by Gasteiger charge is -2.14. The monoisotopic (exact) mass is 316 g/mol. The van der Waals surface area contributed by atoms with E-state index in [1.165, 1.54) is 16.8 Å². The molecule has 5 heteroatoms. The fourth-order valence-electron chi connectivity index (χ4n) is 2.12. The number of hydrogen-bond acceptors (Lipinski definition) is 2. The molecule has 0 spiro atoms. The third-order valence-electron chi connectivity index (χ3n) is 3.04. The summed E-state index contributed by atoms with van der Waals surface area (Å²) in [6.07, 6.45) is 1.48. The number of para-hydroxylation sites is 1. The summed E-state index contributed by atoms with van der Waals surface area (Å²) in [5, 5.41) is 0.796. The molecule has 0 aliphatic rings. The third kappa shape index (κ3) is 2.58. The van der Waals surface area contributed by atoms with Crippen LogP contribution in [0, 0.1) is 0 Å². The van der Waals surface area contributed by atoms with Crippen LogP contribution in [0.3, 0.4) is 0 Å². The zero-order chi connectivity index (χ0) is 14.8. The van der Waals surface area contributed by atoms with E-state index < -0.39 is 0 Å². The Morgan fingerprint density at radius 1 is 0.857 bits per heavy atom. The van der Waals surface area contributed by atoms with Crippen molar-refractivity contribution in [3.8, 4) is 17.1 Å². The van der Waals surface area contributed by atoms with Crippen molar-refractivity contribution in [3.05, 3.63) is 81.2 Å². The molecule has 104 valence electrons. The number of hydrogen-bond donors (Lipinski definition) is 0. The van der Waals surface area contributed by atoms with Crippen LogP contribution >= 0.6 is 23.2 Å². The second-order valence-corrected chi connectivity index (χ2v) is 5.19. The SMILES string of the molecule is O=c1ccnc(-c2ccccc2)n1-c1c(Cl)cccc1Cl. The lowest BCUT2D eigenvalue weighted by molar-refractivity contribution is 0.949. The molecule has 0 aliphatic carbocycles. The number of rotatable bonds is 2. The van der Waals surface area contributed by atoms with Gasteiger partial charge in [0.15, 0.2) is 0 Å². The first-order valence-electron chi connectivity index (χ1n) is 6.26. The van der Waals surface area contributed by atoms with Crippen LogP contribution in [0.25, 0.3) is 17.1 Å². The summed E-state index contributed by atoms with van der Waals surface area (Å²) in [7, 11) is 0. The summed E-state index contributed by atoms with van der Waals surface area (Å²) < 4.78 is 1.43. The van der Waals surface area contributed by atoms with Gasteiger partial charge in [-0.3, -0.25) is 9.36 Å². The minimum absolute atomic E-state index is 0.237. The van der Waals surface area contributed by atoms with Gasteiger partial charge in [-0.2, -0.15) is 0 Å². The van der Waals surface area contributed by atoms with Gasteiger partial charge in [-0.05, 0) is 12.1 Å². The van der Waals surface area contributed by atoms with E-state index in [2.05, 4.69) is 4.98 Å². The van der Waals surface area contributed by atoms with Crippen LogP contribution in [-0.2, 0) is 0 Å².